The molecule has 0 saturated carbocycles. The second-order valence-corrected chi connectivity index (χ2v) is 6.45. The highest BCUT2D eigenvalue weighted by molar-refractivity contribution is 5.75. The van der Waals surface area contributed by atoms with Gasteiger partial charge in [0.1, 0.15) is 5.60 Å². The van der Waals surface area contributed by atoms with Gasteiger partial charge in [0.2, 0.25) is 0 Å². The SMILES string of the molecule is CCCC(C)OC(=O)C1CCN(C(=O)OC(C)(C)C)C1. The number of amides is 1. The van der Waals surface area contributed by atoms with Crippen molar-refractivity contribution in [1.82, 2.24) is 4.90 Å². The predicted molar refractivity (Wildman–Crippen MR) is 76.4 cm³/mol. The van der Waals surface area contributed by atoms with Crippen LogP contribution in [-0.2, 0) is 14.3 Å². The van der Waals surface area contributed by atoms with Gasteiger partial charge in [-0.3, -0.25) is 4.79 Å². The van der Waals surface area contributed by atoms with E-state index in [0.29, 0.717) is 19.5 Å². The van der Waals surface area contributed by atoms with Crippen molar-refractivity contribution in [3.05, 3.63) is 0 Å². The average molecular weight is 285 g/mol. The Labute approximate surface area is 121 Å². The Balaban J connectivity index is 2.43. The lowest BCUT2D eigenvalue weighted by atomic mass is 10.1. The molecule has 1 aliphatic heterocycles. The summed E-state index contributed by atoms with van der Waals surface area (Å²) in [6, 6.07) is 0. The van der Waals surface area contributed by atoms with E-state index in [1.807, 2.05) is 27.7 Å². The van der Waals surface area contributed by atoms with E-state index >= 15 is 0 Å². The minimum Gasteiger partial charge on any atom is -0.462 e. The van der Waals surface area contributed by atoms with Crippen LogP contribution in [0.25, 0.3) is 0 Å². The van der Waals surface area contributed by atoms with Crippen LogP contribution < -0.4 is 0 Å². The predicted octanol–water partition coefficient (Wildman–Crippen LogP) is 2.98. The van der Waals surface area contributed by atoms with E-state index in [9.17, 15) is 9.59 Å². The molecule has 2 unspecified atom stereocenters. The van der Waals surface area contributed by atoms with Gasteiger partial charge >= 0.3 is 12.1 Å². The van der Waals surface area contributed by atoms with Gasteiger partial charge in [0.15, 0.2) is 0 Å². The van der Waals surface area contributed by atoms with E-state index in [-0.39, 0.29) is 24.1 Å². The van der Waals surface area contributed by atoms with Crippen molar-refractivity contribution >= 4 is 12.1 Å². The van der Waals surface area contributed by atoms with Crippen molar-refractivity contribution in [3.8, 4) is 0 Å². The van der Waals surface area contributed by atoms with Crippen LogP contribution in [0, 0.1) is 5.92 Å². The van der Waals surface area contributed by atoms with Crippen molar-refractivity contribution in [1.29, 1.82) is 0 Å². The summed E-state index contributed by atoms with van der Waals surface area (Å²) in [6.07, 6.45) is 2.10. The molecule has 0 aliphatic carbocycles. The van der Waals surface area contributed by atoms with E-state index in [4.69, 9.17) is 9.47 Å². The third kappa shape index (κ3) is 5.39. The smallest absolute Gasteiger partial charge is 0.410 e. The van der Waals surface area contributed by atoms with Crippen LogP contribution >= 0.6 is 0 Å². The highest BCUT2D eigenvalue weighted by Crippen LogP contribution is 2.21. The molecule has 0 N–H and O–H groups in total. The minimum atomic E-state index is -0.509. The minimum absolute atomic E-state index is 0.0527. The molecule has 1 rings (SSSR count). The molecule has 1 saturated heterocycles. The Bertz CT molecular complexity index is 348. The summed E-state index contributed by atoms with van der Waals surface area (Å²) in [4.78, 5) is 25.5. The number of hydrogen-bond acceptors (Lipinski definition) is 4. The van der Waals surface area contributed by atoms with Crippen molar-refractivity contribution in [3.63, 3.8) is 0 Å². The molecule has 5 nitrogen and oxygen atoms in total. The monoisotopic (exact) mass is 285 g/mol. The first-order valence-corrected chi connectivity index (χ1v) is 7.41. The second kappa shape index (κ2) is 6.95. The number of rotatable bonds is 4. The maximum Gasteiger partial charge on any atom is 0.410 e. The van der Waals surface area contributed by atoms with Gasteiger partial charge in [-0.25, -0.2) is 4.79 Å². The fourth-order valence-corrected chi connectivity index (χ4v) is 2.20. The third-order valence-corrected chi connectivity index (χ3v) is 3.19. The molecule has 20 heavy (non-hydrogen) atoms. The highest BCUT2D eigenvalue weighted by atomic mass is 16.6. The Hall–Kier alpha value is -1.26. The topological polar surface area (TPSA) is 55.8 Å². The quantitative estimate of drug-likeness (QED) is 0.745. The van der Waals surface area contributed by atoms with Crippen molar-refractivity contribution in [2.24, 2.45) is 5.92 Å². The first kappa shape index (κ1) is 16.8. The highest BCUT2D eigenvalue weighted by Gasteiger charge is 2.34. The molecule has 0 aromatic carbocycles. The number of carbonyl (C=O) groups is 2. The summed E-state index contributed by atoms with van der Waals surface area (Å²) < 4.78 is 10.7. The third-order valence-electron chi connectivity index (χ3n) is 3.19. The van der Waals surface area contributed by atoms with Gasteiger partial charge < -0.3 is 14.4 Å². The summed E-state index contributed by atoms with van der Waals surface area (Å²) >= 11 is 0. The molecule has 2 atom stereocenters. The lowest BCUT2D eigenvalue weighted by molar-refractivity contribution is -0.153. The zero-order valence-corrected chi connectivity index (χ0v) is 13.3. The van der Waals surface area contributed by atoms with Gasteiger partial charge in [-0.2, -0.15) is 0 Å². The van der Waals surface area contributed by atoms with Gasteiger partial charge in [-0.1, -0.05) is 13.3 Å². The van der Waals surface area contributed by atoms with Crippen molar-refractivity contribution < 1.29 is 19.1 Å². The number of carbonyl (C=O) groups excluding carboxylic acids is 2. The maximum atomic E-state index is 12.0. The summed E-state index contributed by atoms with van der Waals surface area (Å²) in [5.41, 5.74) is -0.509. The van der Waals surface area contributed by atoms with Crippen LogP contribution in [0.1, 0.15) is 53.9 Å². The van der Waals surface area contributed by atoms with Crippen LogP contribution in [-0.4, -0.2) is 41.8 Å². The van der Waals surface area contributed by atoms with Crippen LogP contribution in [0.4, 0.5) is 4.79 Å². The summed E-state index contributed by atoms with van der Waals surface area (Å²) in [5.74, 6) is -0.418. The molecule has 1 heterocycles. The number of likely N-dealkylation sites (tertiary alicyclic amines) is 1. The molecular weight excluding hydrogens is 258 g/mol. The summed E-state index contributed by atoms with van der Waals surface area (Å²) in [5, 5.41) is 0. The van der Waals surface area contributed by atoms with Crippen LogP contribution in [0.3, 0.4) is 0 Å². The van der Waals surface area contributed by atoms with Gasteiger partial charge in [0.05, 0.1) is 12.0 Å². The summed E-state index contributed by atoms with van der Waals surface area (Å²) in [7, 11) is 0. The summed E-state index contributed by atoms with van der Waals surface area (Å²) in [6.45, 7) is 10.4. The Kier molecular flexibility index (Phi) is 5.84. The fraction of sp³-hybridized carbons (Fsp3) is 0.867. The zero-order chi connectivity index (χ0) is 15.3. The average Bonchev–Trinajstić information content (AvgIpc) is 2.75. The largest absolute Gasteiger partial charge is 0.462 e. The number of esters is 1. The first-order chi connectivity index (χ1) is 9.23. The maximum absolute atomic E-state index is 12.0. The number of nitrogens with zero attached hydrogens (tertiary/aromatic N) is 1. The van der Waals surface area contributed by atoms with Crippen LogP contribution in [0.15, 0.2) is 0 Å². The molecule has 1 amide bonds. The van der Waals surface area contributed by atoms with Crippen molar-refractivity contribution in [2.45, 2.75) is 65.6 Å². The van der Waals surface area contributed by atoms with Gasteiger partial charge in [0.25, 0.3) is 0 Å². The first-order valence-electron chi connectivity index (χ1n) is 7.41. The van der Waals surface area contributed by atoms with Gasteiger partial charge in [-0.05, 0) is 40.5 Å². The Morgan fingerprint density at radius 3 is 2.55 bits per heavy atom. The number of hydrogen-bond donors (Lipinski definition) is 0. The second-order valence-electron chi connectivity index (χ2n) is 6.45. The van der Waals surface area contributed by atoms with E-state index in [1.165, 1.54) is 0 Å². The molecule has 1 fully saturated rings. The van der Waals surface area contributed by atoms with E-state index < -0.39 is 5.60 Å². The van der Waals surface area contributed by atoms with E-state index in [0.717, 1.165) is 12.8 Å². The van der Waals surface area contributed by atoms with Gasteiger partial charge in [-0.15, -0.1) is 0 Å². The molecule has 0 radical (unpaired) electrons. The molecule has 5 heteroatoms. The Morgan fingerprint density at radius 1 is 1.35 bits per heavy atom. The molecule has 0 aromatic rings. The number of ether oxygens (including phenoxy) is 2. The van der Waals surface area contributed by atoms with Crippen molar-refractivity contribution in [2.75, 3.05) is 13.1 Å². The fourth-order valence-electron chi connectivity index (χ4n) is 2.20. The standard InChI is InChI=1S/C15H27NO4/c1-6-7-11(2)19-13(17)12-8-9-16(10-12)14(18)20-15(3,4)5/h11-12H,6-10H2,1-5H3. The van der Waals surface area contributed by atoms with E-state index in [2.05, 4.69) is 6.92 Å². The van der Waals surface area contributed by atoms with E-state index in [1.54, 1.807) is 4.90 Å². The van der Waals surface area contributed by atoms with Crippen LogP contribution in [0.2, 0.25) is 0 Å². The Morgan fingerprint density at radius 2 is 2.00 bits per heavy atom. The molecule has 0 bridgehead atoms. The van der Waals surface area contributed by atoms with Gasteiger partial charge in [0, 0.05) is 13.1 Å². The molecular formula is C15H27NO4. The van der Waals surface area contributed by atoms with Crippen LogP contribution in [0.5, 0.6) is 0 Å². The normalized spacial score (nSPS) is 20.6. The molecule has 1 aliphatic rings. The lowest BCUT2D eigenvalue weighted by Crippen LogP contribution is -2.36. The molecule has 116 valence electrons. The molecule has 0 aromatic heterocycles. The zero-order valence-electron chi connectivity index (χ0n) is 13.3. The lowest BCUT2D eigenvalue weighted by Gasteiger charge is -2.24. The molecule has 0 spiro atoms.